The van der Waals surface area contributed by atoms with E-state index in [2.05, 4.69) is 10.5 Å². The average Bonchev–Trinajstić information content (AvgIpc) is 2.80. The smallest absolute Gasteiger partial charge is 0.239 e. The largest absolute Gasteiger partial charge is 0.364 e. The van der Waals surface area contributed by atoms with E-state index in [-0.39, 0.29) is 11.9 Å². The molecule has 5 heteroatoms. The second-order valence-electron chi connectivity index (χ2n) is 3.60. The number of amides is 1. The van der Waals surface area contributed by atoms with E-state index in [0.29, 0.717) is 6.54 Å². The van der Waals surface area contributed by atoms with Crippen LogP contribution in [0.4, 0.5) is 0 Å². The Bertz CT molecular complexity index is 307. The molecule has 0 radical (unpaired) electrons. The predicted octanol–water partition coefficient (Wildman–Crippen LogP) is 1.02. The molecule has 1 amide bonds. The van der Waals surface area contributed by atoms with Crippen LogP contribution in [0.3, 0.4) is 0 Å². The Morgan fingerprint density at radius 2 is 2.25 bits per heavy atom. The number of likely N-dealkylation sites (N-methyl/N-ethyl adjacent to an activating group) is 1. The molecule has 5 nitrogen and oxygen atoms in total. The first-order valence-corrected chi connectivity index (χ1v) is 5.60. The first-order chi connectivity index (χ1) is 7.69. The molecule has 0 aliphatic carbocycles. The van der Waals surface area contributed by atoms with E-state index < -0.39 is 0 Å². The van der Waals surface area contributed by atoms with Crippen molar-refractivity contribution in [1.82, 2.24) is 15.4 Å². The van der Waals surface area contributed by atoms with Gasteiger partial charge in [-0.25, -0.2) is 0 Å². The van der Waals surface area contributed by atoms with Gasteiger partial charge in [-0.3, -0.25) is 4.79 Å². The molecule has 1 rings (SSSR count). The van der Waals surface area contributed by atoms with Gasteiger partial charge in [-0.2, -0.15) is 0 Å². The van der Waals surface area contributed by atoms with Gasteiger partial charge < -0.3 is 14.7 Å². The van der Waals surface area contributed by atoms with Crippen molar-refractivity contribution in [2.45, 2.75) is 33.4 Å². The Labute approximate surface area is 95.8 Å². The van der Waals surface area contributed by atoms with Crippen molar-refractivity contribution in [3.8, 4) is 0 Å². The van der Waals surface area contributed by atoms with Gasteiger partial charge in [0.15, 0.2) is 0 Å². The first-order valence-electron chi connectivity index (χ1n) is 5.60. The lowest BCUT2D eigenvalue weighted by Crippen LogP contribution is -2.44. The van der Waals surface area contributed by atoms with E-state index in [4.69, 9.17) is 4.52 Å². The third-order valence-electron chi connectivity index (χ3n) is 2.53. The van der Waals surface area contributed by atoms with Crippen LogP contribution >= 0.6 is 0 Å². The first kappa shape index (κ1) is 12.7. The summed E-state index contributed by atoms with van der Waals surface area (Å²) in [6.07, 6.45) is 1.52. The van der Waals surface area contributed by atoms with Crippen LogP contribution < -0.4 is 5.32 Å². The van der Waals surface area contributed by atoms with Crippen molar-refractivity contribution >= 4 is 5.91 Å². The van der Waals surface area contributed by atoms with E-state index in [1.165, 1.54) is 6.26 Å². The molecule has 1 aromatic heterocycles. The summed E-state index contributed by atoms with van der Waals surface area (Å²) in [6, 6.07) is 1.58. The van der Waals surface area contributed by atoms with Gasteiger partial charge in [0.25, 0.3) is 0 Å². The fourth-order valence-electron chi connectivity index (χ4n) is 1.48. The van der Waals surface area contributed by atoms with E-state index in [1.54, 1.807) is 11.0 Å². The molecule has 0 bridgehead atoms. The van der Waals surface area contributed by atoms with Crippen LogP contribution in [0.25, 0.3) is 0 Å². The van der Waals surface area contributed by atoms with Crippen molar-refractivity contribution in [3.63, 3.8) is 0 Å². The third-order valence-corrected chi connectivity index (χ3v) is 2.53. The minimum absolute atomic E-state index is 0.119. The lowest BCUT2D eigenvalue weighted by atomic mass is 10.2. The monoisotopic (exact) mass is 225 g/mol. The van der Waals surface area contributed by atoms with Crippen molar-refractivity contribution in [3.05, 3.63) is 18.0 Å². The molecule has 0 fully saturated rings. The number of carbonyl (C=O) groups is 1. The van der Waals surface area contributed by atoms with Crippen LogP contribution in [-0.2, 0) is 11.3 Å². The summed E-state index contributed by atoms with van der Waals surface area (Å²) in [6.45, 7) is 7.85. The molecule has 0 saturated heterocycles. The minimum atomic E-state index is -0.198. The lowest BCUT2D eigenvalue weighted by Gasteiger charge is -2.23. The molecule has 0 aromatic carbocycles. The summed E-state index contributed by atoms with van der Waals surface area (Å²) in [4.78, 5) is 13.7. The second-order valence-corrected chi connectivity index (χ2v) is 3.60. The summed E-state index contributed by atoms with van der Waals surface area (Å²) < 4.78 is 4.71. The minimum Gasteiger partial charge on any atom is -0.364 e. The van der Waals surface area contributed by atoms with E-state index >= 15 is 0 Å². The quantitative estimate of drug-likeness (QED) is 0.785. The maximum atomic E-state index is 11.9. The number of carbonyl (C=O) groups excluding carboxylic acids is 1. The van der Waals surface area contributed by atoms with Gasteiger partial charge in [0.2, 0.25) is 5.91 Å². The number of hydrogen-bond acceptors (Lipinski definition) is 4. The molecular weight excluding hydrogens is 206 g/mol. The predicted molar refractivity (Wildman–Crippen MR) is 60.7 cm³/mol. The lowest BCUT2D eigenvalue weighted by molar-refractivity contribution is -0.132. The molecule has 1 heterocycles. The third kappa shape index (κ3) is 3.34. The maximum Gasteiger partial charge on any atom is 0.239 e. The van der Waals surface area contributed by atoms with Crippen molar-refractivity contribution in [2.24, 2.45) is 0 Å². The molecule has 1 atom stereocenters. The standard InChI is InChI=1S/C11H19N3O2/c1-4-14(5-2)11(15)9(3)12-8-10-6-7-16-13-10/h6-7,9,12H,4-5,8H2,1-3H3. The molecule has 1 N–H and O–H groups in total. The Morgan fingerprint density at radius 3 is 2.75 bits per heavy atom. The molecule has 16 heavy (non-hydrogen) atoms. The topological polar surface area (TPSA) is 58.4 Å². The zero-order chi connectivity index (χ0) is 12.0. The van der Waals surface area contributed by atoms with Crippen LogP contribution in [0, 0.1) is 0 Å². The second kappa shape index (κ2) is 6.27. The Balaban J connectivity index is 2.39. The molecular formula is C11H19N3O2. The van der Waals surface area contributed by atoms with Crippen molar-refractivity contribution in [2.75, 3.05) is 13.1 Å². The molecule has 1 unspecified atom stereocenters. The van der Waals surface area contributed by atoms with Gasteiger partial charge in [0, 0.05) is 25.7 Å². The fraction of sp³-hybridized carbons (Fsp3) is 0.636. The Hall–Kier alpha value is -1.36. The van der Waals surface area contributed by atoms with Crippen LogP contribution in [0.1, 0.15) is 26.5 Å². The van der Waals surface area contributed by atoms with Gasteiger partial charge in [-0.05, 0) is 20.8 Å². The summed E-state index contributed by atoms with van der Waals surface area (Å²) >= 11 is 0. The SMILES string of the molecule is CCN(CC)C(=O)C(C)NCc1ccon1. The van der Waals surface area contributed by atoms with E-state index in [9.17, 15) is 4.79 Å². The molecule has 0 spiro atoms. The van der Waals surface area contributed by atoms with Crippen molar-refractivity contribution < 1.29 is 9.32 Å². The molecule has 0 aliphatic rings. The molecule has 0 saturated carbocycles. The van der Waals surface area contributed by atoms with Gasteiger partial charge in [-0.1, -0.05) is 5.16 Å². The van der Waals surface area contributed by atoms with Gasteiger partial charge in [-0.15, -0.1) is 0 Å². The number of hydrogen-bond donors (Lipinski definition) is 1. The molecule has 1 aromatic rings. The van der Waals surface area contributed by atoms with E-state index in [1.807, 2.05) is 20.8 Å². The van der Waals surface area contributed by atoms with Crippen LogP contribution in [0.2, 0.25) is 0 Å². The van der Waals surface area contributed by atoms with Crippen LogP contribution in [0.15, 0.2) is 16.9 Å². The number of aromatic nitrogens is 1. The number of nitrogens with zero attached hydrogens (tertiary/aromatic N) is 2. The molecule has 90 valence electrons. The van der Waals surface area contributed by atoms with E-state index in [0.717, 1.165) is 18.8 Å². The summed E-state index contributed by atoms with van der Waals surface area (Å²) in [5.74, 6) is 0.119. The van der Waals surface area contributed by atoms with Crippen molar-refractivity contribution in [1.29, 1.82) is 0 Å². The number of nitrogens with one attached hydrogen (secondary N) is 1. The summed E-state index contributed by atoms with van der Waals surface area (Å²) in [5.41, 5.74) is 0.805. The number of rotatable bonds is 6. The summed E-state index contributed by atoms with van der Waals surface area (Å²) in [7, 11) is 0. The Morgan fingerprint density at radius 1 is 1.56 bits per heavy atom. The molecule has 0 aliphatic heterocycles. The zero-order valence-corrected chi connectivity index (χ0v) is 10.1. The highest BCUT2D eigenvalue weighted by atomic mass is 16.5. The highest BCUT2D eigenvalue weighted by Gasteiger charge is 2.17. The zero-order valence-electron chi connectivity index (χ0n) is 10.1. The van der Waals surface area contributed by atoms with Gasteiger partial charge in [0.05, 0.1) is 11.7 Å². The Kier molecular flexibility index (Phi) is 4.98. The van der Waals surface area contributed by atoms with Gasteiger partial charge >= 0.3 is 0 Å². The highest BCUT2D eigenvalue weighted by molar-refractivity contribution is 5.81. The van der Waals surface area contributed by atoms with Gasteiger partial charge in [0.1, 0.15) is 6.26 Å². The van der Waals surface area contributed by atoms with Crippen LogP contribution in [0.5, 0.6) is 0 Å². The maximum absolute atomic E-state index is 11.9. The van der Waals surface area contributed by atoms with Crippen LogP contribution in [-0.4, -0.2) is 35.1 Å². The normalized spacial score (nSPS) is 12.4. The average molecular weight is 225 g/mol. The summed E-state index contributed by atoms with van der Waals surface area (Å²) in [5, 5.41) is 6.89. The highest BCUT2D eigenvalue weighted by Crippen LogP contribution is 1.98. The fourth-order valence-corrected chi connectivity index (χ4v) is 1.48.